The van der Waals surface area contributed by atoms with Gasteiger partial charge in [-0.15, -0.1) is 0 Å². The maximum Gasteiger partial charge on any atom is 0.415 e. The van der Waals surface area contributed by atoms with Crippen LogP contribution in [0, 0.1) is 0 Å². The number of aromatic carboxylic acids is 1. The molecule has 0 bridgehead atoms. The molecule has 0 unspecified atom stereocenters. The summed E-state index contributed by atoms with van der Waals surface area (Å²) in [6, 6.07) is 15.7. The Kier molecular flexibility index (Phi) is 5.24. The Morgan fingerprint density at radius 2 is 1.58 bits per heavy atom. The van der Waals surface area contributed by atoms with Gasteiger partial charge in [-0.1, -0.05) is 30.3 Å². The van der Waals surface area contributed by atoms with Crippen molar-refractivity contribution in [3.63, 3.8) is 0 Å². The largest absolute Gasteiger partial charge is 0.478 e. The molecule has 0 heterocycles. The molecule has 0 aromatic heterocycles. The molecule has 0 saturated heterocycles. The van der Waals surface area contributed by atoms with Crippen LogP contribution in [0.15, 0.2) is 54.6 Å². The molecular weight excluding hydrogens is 306 g/mol. The Morgan fingerprint density at radius 1 is 1.00 bits per heavy atom. The molecular formula is C19H21NO4. The fourth-order valence-electron chi connectivity index (χ4n) is 2.12. The van der Waals surface area contributed by atoms with Gasteiger partial charge in [-0.2, -0.15) is 0 Å². The highest BCUT2D eigenvalue weighted by Gasteiger charge is 2.23. The zero-order chi connectivity index (χ0) is 17.7. The number of benzene rings is 2. The Morgan fingerprint density at radius 3 is 2.08 bits per heavy atom. The Bertz CT molecular complexity index is 702. The van der Waals surface area contributed by atoms with E-state index in [1.807, 2.05) is 51.1 Å². The van der Waals surface area contributed by atoms with Crippen LogP contribution < -0.4 is 4.90 Å². The first-order valence-corrected chi connectivity index (χ1v) is 7.64. The SMILES string of the molecule is CC(C)(C)OC(=O)N(Cc1ccc(C(=O)O)cc1)c1ccccc1. The smallest absolute Gasteiger partial charge is 0.415 e. The quantitative estimate of drug-likeness (QED) is 0.908. The second-order valence-electron chi connectivity index (χ2n) is 6.40. The summed E-state index contributed by atoms with van der Waals surface area (Å²) in [4.78, 5) is 25.0. The molecule has 0 saturated carbocycles. The molecule has 126 valence electrons. The number of rotatable bonds is 4. The summed E-state index contributed by atoms with van der Waals surface area (Å²) in [5.41, 5.74) is 1.14. The molecule has 0 aliphatic carbocycles. The van der Waals surface area contributed by atoms with E-state index in [4.69, 9.17) is 9.84 Å². The summed E-state index contributed by atoms with van der Waals surface area (Å²) in [7, 11) is 0. The first kappa shape index (κ1) is 17.5. The standard InChI is InChI=1S/C19H21NO4/c1-19(2,3)24-18(23)20(16-7-5-4-6-8-16)13-14-9-11-15(12-10-14)17(21)22/h4-12H,13H2,1-3H3,(H,21,22). The minimum atomic E-state index is -0.978. The van der Waals surface area contributed by atoms with E-state index in [-0.39, 0.29) is 5.56 Å². The topological polar surface area (TPSA) is 66.8 Å². The molecule has 0 atom stereocenters. The lowest BCUT2D eigenvalue weighted by Crippen LogP contribution is -2.36. The summed E-state index contributed by atoms with van der Waals surface area (Å²) in [5.74, 6) is -0.978. The molecule has 0 spiro atoms. The molecule has 1 N–H and O–H groups in total. The molecule has 2 rings (SSSR count). The van der Waals surface area contributed by atoms with Gasteiger partial charge in [0.2, 0.25) is 0 Å². The van der Waals surface area contributed by atoms with E-state index in [2.05, 4.69) is 0 Å². The zero-order valence-corrected chi connectivity index (χ0v) is 14.0. The van der Waals surface area contributed by atoms with Gasteiger partial charge in [-0.05, 0) is 50.6 Å². The predicted octanol–water partition coefficient (Wildman–Crippen LogP) is 4.33. The van der Waals surface area contributed by atoms with Crippen molar-refractivity contribution in [2.75, 3.05) is 4.90 Å². The average molecular weight is 327 g/mol. The van der Waals surface area contributed by atoms with Crippen LogP contribution in [-0.2, 0) is 11.3 Å². The van der Waals surface area contributed by atoms with Crippen molar-refractivity contribution < 1.29 is 19.4 Å². The molecule has 0 aliphatic rings. The molecule has 2 aromatic rings. The van der Waals surface area contributed by atoms with Crippen LogP contribution in [0.2, 0.25) is 0 Å². The van der Waals surface area contributed by atoms with E-state index >= 15 is 0 Å². The van der Waals surface area contributed by atoms with E-state index in [0.717, 1.165) is 5.56 Å². The van der Waals surface area contributed by atoms with Crippen molar-refractivity contribution >= 4 is 17.7 Å². The molecule has 0 radical (unpaired) electrons. The first-order valence-electron chi connectivity index (χ1n) is 7.64. The van der Waals surface area contributed by atoms with Gasteiger partial charge in [-0.3, -0.25) is 4.90 Å². The van der Waals surface area contributed by atoms with Crippen molar-refractivity contribution in [2.45, 2.75) is 32.9 Å². The molecule has 0 aliphatic heterocycles. The van der Waals surface area contributed by atoms with Crippen molar-refractivity contribution in [3.8, 4) is 0 Å². The average Bonchev–Trinajstić information content (AvgIpc) is 2.52. The Hall–Kier alpha value is -2.82. The third kappa shape index (κ3) is 4.84. The van der Waals surface area contributed by atoms with Gasteiger partial charge in [0, 0.05) is 5.69 Å². The monoisotopic (exact) mass is 327 g/mol. The highest BCUT2D eigenvalue weighted by atomic mass is 16.6. The van der Waals surface area contributed by atoms with Gasteiger partial charge < -0.3 is 9.84 Å². The van der Waals surface area contributed by atoms with Gasteiger partial charge >= 0.3 is 12.1 Å². The van der Waals surface area contributed by atoms with Crippen molar-refractivity contribution in [3.05, 3.63) is 65.7 Å². The van der Waals surface area contributed by atoms with Crippen LogP contribution in [-0.4, -0.2) is 22.8 Å². The van der Waals surface area contributed by atoms with Gasteiger partial charge in [0.1, 0.15) is 5.60 Å². The molecule has 5 nitrogen and oxygen atoms in total. The Balaban J connectivity index is 2.26. The van der Waals surface area contributed by atoms with Gasteiger partial charge in [0.25, 0.3) is 0 Å². The second kappa shape index (κ2) is 7.17. The van der Waals surface area contributed by atoms with Crippen LogP contribution in [0.1, 0.15) is 36.7 Å². The van der Waals surface area contributed by atoms with Crippen LogP contribution in [0.4, 0.5) is 10.5 Å². The number of carboxylic acids is 1. The van der Waals surface area contributed by atoms with Crippen LogP contribution in [0.25, 0.3) is 0 Å². The summed E-state index contributed by atoms with van der Waals surface area (Å²) in [6.07, 6.45) is -0.448. The van der Waals surface area contributed by atoms with Crippen molar-refractivity contribution in [2.24, 2.45) is 0 Å². The molecule has 2 aromatic carbocycles. The maximum atomic E-state index is 12.5. The Labute approximate surface area is 141 Å². The number of carbonyl (C=O) groups excluding carboxylic acids is 1. The fraction of sp³-hybridized carbons (Fsp3) is 0.263. The summed E-state index contributed by atoms with van der Waals surface area (Å²) in [6.45, 7) is 5.74. The first-order chi connectivity index (χ1) is 11.3. The molecule has 5 heteroatoms. The second-order valence-corrected chi connectivity index (χ2v) is 6.40. The van der Waals surface area contributed by atoms with Crippen LogP contribution in [0.5, 0.6) is 0 Å². The van der Waals surface area contributed by atoms with E-state index in [1.165, 1.54) is 17.0 Å². The zero-order valence-electron chi connectivity index (χ0n) is 14.0. The third-order valence-electron chi connectivity index (χ3n) is 3.22. The summed E-state index contributed by atoms with van der Waals surface area (Å²) in [5, 5.41) is 8.97. The number of hydrogen-bond acceptors (Lipinski definition) is 3. The highest BCUT2D eigenvalue weighted by Crippen LogP contribution is 2.21. The number of para-hydroxylation sites is 1. The van der Waals surface area contributed by atoms with Gasteiger partial charge in [0.05, 0.1) is 12.1 Å². The van der Waals surface area contributed by atoms with Gasteiger partial charge in [-0.25, -0.2) is 9.59 Å². The van der Waals surface area contributed by atoms with Crippen molar-refractivity contribution in [1.29, 1.82) is 0 Å². The van der Waals surface area contributed by atoms with Gasteiger partial charge in [0.15, 0.2) is 0 Å². The normalized spacial score (nSPS) is 11.0. The minimum Gasteiger partial charge on any atom is -0.478 e. The third-order valence-corrected chi connectivity index (χ3v) is 3.22. The number of carboxylic acid groups (broad SMARTS) is 1. The number of hydrogen-bond donors (Lipinski definition) is 1. The maximum absolute atomic E-state index is 12.5. The molecule has 24 heavy (non-hydrogen) atoms. The van der Waals surface area contributed by atoms with E-state index in [1.54, 1.807) is 12.1 Å². The predicted molar refractivity (Wildman–Crippen MR) is 92.3 cm³/mol. The lowest BCUT2D eigenvalue weighted by Gasteiger charge is -2.27. The minimum absolute atomic E-state index is 0.210. The fourth-order valence-corrected chi connectivity index (χ4v) is 2.12. The van der Waals surface area contributed by atoms with E-state index in [9.17, 15) is 9.59 Å². The van der Waals surface area contributed by atoms with E-state index < -0.39 is 17.7 Å². The molecule has 1 amide bonds. The van der Waals surface area contributed by atoms with Crippen LogP contribution in [0.3, 0.4) is 0 Å². The number of carbonyl (C=O) groups is 2. The number of amides is 1. The highest BCUT2D eigenvalue weighted by molar-refractivity contribution is 5.88. The number of ether oxygens (including phenoxy) is 1. The lowest BCUT2D eigenvalue weighted by molar-refractivity contribution is 0.0576. The summed E-state index contributed by atoms with van der Waals surface area (Å²) < 4.78 is 5.48. The van der Waals surface area contributed by atoms with Crippen molar-refractivity contribution in [1.82, 2.24) is 0 Å². The number of anilines is 1. The number of nitrogens with zero attached hydrogens (tertiary/aromatic N) is 1. The lowest BCUT2D eigenvalue weighted by atomic mass is 10.1. The molecule has 0 fully saturated rings. The van der Waals surface area contributed by atoms with E-state index in [0.29, 0.717) is 12.2 Å². The summed E-state index contributed by atoms with van der Waals surface area (Å²) >= 11 is 0. The van der Waals surface area contributed by atoms with Crippen LogP contribution >= 0.6 is 0 Å².